The first kappa shape index (κ1) is 23.2. The first-order valence-electron chi connectivity index (χ1n) is 11.5. The topological polar surface area (TPSA) is 74.2 Å². The van der Waals surface area contributed by atoms with E-state index in [0.717, 1.165) is 44.8 Å². The van der Waals surface area contributed by atoms with Crippen LogP contribution in [0, 0.1) is 23.7 Å². The number of carboxylic acids is 1. The highest BCUT2D eigenvalue weighted by molar-refractivity contribution is 6.71. The van der Waals surface area contributed by atoms with Crippen LogP contribution in [0.1, 0.15) is 52.4 Å². The molecule has 0 spiro atoms. The molecule has 7 heteroatoms. The Morgan fingerprint density at radius 1 is 1.17 bits per heavy atom. The SMILES string of the molecule is CC(C)C[Si](C)(C)OC[C@@H]1[C@H]2CC[C@@H](C(=O)O)CO[C@H]2C[C@H]1OC1CCCCO1. The molecule has 6 atom stereocenters. The first-order chi connectivity index (χ1) is 13.7. The standard InChI is InChI=1S/C22H40O6Si/c1-15(2)14-29(3,4)27-13-18-17-9-8-16(22(23)24)12-26-19(17)11-20(18)28-21-7-5-6-10-25-21/h15-21H,5-14H2,1-4H3,(H,23,24)/t16-,17-,18-,19+,20-,21?/m1/s1. The third kappa shape index (κ3) is 6.50. The van der Waals surface area contributed by atoms with E-state index in [1.54, 1.807) is 0 Å². The lowest BCUT2D eigenvalue weighted by Gasteiger charge is -2.33. The maximum atomic E-state index is 11.5. The highest BCUT2D eigenvalue weighted by Crippen LogP contribution is 2.43. The summed E-state index contributed by atoms with van der Waals surface area (Å²) in [7, 11) is -1.74. The Labute approximate surface area is 176 Å². The minimum absolute atomic E-state index is 0.0661. The second-order valence-electron chi connectivity index (χ2n) is 10.2. The minimum Gasteiger partial charge on any atom is -0.481 e. The number of aliphatic carboxylic acids is 1. The Morgan fingerprint density at radius 2 is 1.97 bits per heavy atom. The molecule has 2 saturated heterocycles. The average Bonchev–Trinajstić information content (AvgIpc) is 2.81. The van der Waals surface area contributed by atoms with E-state index in [9.17, 15) is 9.90 Å². The molecule has 1 saturated carbocycles. The van der Waals surface area contributed by atoms with Crippen LogP contribution in [0.15, 0.2) is 0 Å². The summed E-state index contributed by atoms with van der Waals surface area (Å²) in [6.07, 6.45) is 5.58. The predicted octanol–water partition coefficient (Wildman–Crippen LogP) is 4.29. The van der Waals surface area contributed by atoms with Gasteiger partial charge in [-0.2, -0.15) is 0 Å². The summed E-state index contributed by atoms with van der Waals surface area (Å²) < 4.78 is 24.9. The second-order valence-corrected chi connectivity index (χ2v) is 14.4. The number of hydrogen-bond acceptors (Lipinski definition) is 5. The largest absolute Gasteiger partial charge is 0.481 e. The average molecular weight is 429 g/mol. The lowest BCUT2D eigenvalue weighted by molar-refractivity contribution is -0.198. The first-order valence-corrected chi connectivity index (χ1v) is 14.6. The van der Waals surface area contributed by atoms with Gasteiger partial charge in [-0.15, -0.1) is 0 Å². The van der Waals surface area contributed by atoms with Crippen molar-refractivity contribution in [3.63, 3.8) is 0 Å². The van der Waals surface area contributed by atoms with Crippen molar-refractivity contribution in [1.29, 1.82) is 0 Å². The number of hydrogen-bond donors (Lipinski definition) is 1. The van der Waals surface area contributed by atoms with E-state index >= 15 is 0 Å². The van der Waals surface area contributed by atoms with Gasteiger partial charge in [0.15, 0.2) is 14.6 Å². The smallest absolute Gasteiger partial charge is 0.308 e. The molecule has 1 aliphatic carbocycles. The van der Waals surface area contributed by atoms with Crippen LogP contribution in [-0.2, 0) is 23.4 Å². The summed E-state index contributed by atoms with van der Waals surface area (Å²) in [4.78, 5) is 11.5. The molecule has 6 nitrogen and oxygen atoms in total. The van der Waals surface area contributed by atoms with E-state index in [1.165, 1.54) is 0 Å². The molecule has 3 rings (SSSR count). The zero-order valence-electron chi connectivity index (χ0n) is 18.6. The summed E-state index contributed by atoms with van der Waals surface area (Å²) in [5.41, 5.74) is 0. The molecule has 2 aliphatic heterocycles. The van der Waals surface area contributed by atoms with Gasteiger partial charge in [0.2, 0.25) is 0 Å². The van der Waals surface area contributed by atoms with Gasteiger partial charge in [-0.3, -0.25) is 4.79 Å². The van der Waals surface area contributed by atoms with Crippen LogP contribution >= 0.6 is 0 Å². The van der Waals surface area contributed by atoms with Gasteiger partial charge in [0.1, 0.15) is 0 Å². The van der Waals surface area contributed by atoms with Crippen molar-refractivity contribution in [3.05, 3.63) is 0 Å². The Balaban J connectivity index is 1.67. The Kier molecular flexibility index (Phi) is 8.18. The van der Waals surface area contributed by atoms with Crippen LogP contribution in [0.4, 0.5) is 0 Å². The number of carboxylic acid groups (broad SMARTS) is 1. The van der Waals surface area contributed by atoms with Crippen molar-refractivity contribution in [2.24, 2.45) is 23.7 Å². The van der Waals surface area contributed by atoms with Crippen LogP contribution in [-0.4, -0.2) is 57.7 Å². The van der Waals surface area contributed by atoms with Crippen molar-refractivity contribution in [2.75, 3.05) is 19.8 Å². The molecule has 3 fully saturated rings. The monoisotopic (exact) mass is 428 g/mol. The molecular weight excluding hydrogens is 388 g/mol. The van der Waals surface area contributed by atoms with Gasteiger partial charge in [0.25, 0.3) is 0 Å². The van der Waals surface area contributed by atoms with Crippen LogP contribution in [0.5, 0.6) is 0 Å². The van der Waals surface area contributed by atoms with Gasteiger partial charge in [-0.05, 0) is 63.1 Å². The van der Waals surface area contributed by atoms with Crippen molar-refractivity contribution in [2.45, 2.75) is 90.0 Å². The van der Waals surface area contributed by atoms with Gasteiger partial charge in [-0.25, -0.2) is 0 Å². The molecule has 1 N–H and O–H groups in total. The van der Waals surface area contributed by atoms with E-state index in [1.807, 2.05) is 0 Å². The number of ether oxygens (including phenoxy) is 3. The maximum absolute atomic E-state index is 11.5. The molecule has 29 heavy (non-hydrogen) atoms. The summed E-state index contributed by atoms with van der Waals surface area (Å²) in [6.45, 7) is 10.9. The van der Waals surface area contributed by atoms with Gasteiger partial charge >= 0.3 is 5.97 Å². The molecule has 0 bridgehead atoms. The van der Waals surface area contributed by atoms with Gasteiger partial charge in [-0.1, -0.05) is 13.8 Å². The highest BCUT2D eigenvalue weighted by Gasteiger charge is 2.48. The molecule has 0 radical (unpaired) electrons. The molecule has 0 aromatic carbocycles. The van der Waals surface area contributed by atoms with Gasteiger partial charge in [0.05, 0.1) is 24.7 Å². The van der Waals surface area contributed by atoms with Gasteiger partial charge in [0, 0.05) is 25.6 Å². The van der Waals surface area contributed by atoms with E-state index < -0.39 is 20.2 Å². The fourth-order valence-corrected chi connectivity index (χ4v) is 8.13. The zero-order chi connectivity index (χ0) is 21.0. The Hall–Kier alpha value is -0.473. The van der Waals surface area contributed by atoms with Crippen molar-refractivity contribution >= 4 is 14.3 Å². The Bertz CT molecular complexity index is 533. The molecule has 1 unspecified atom stereocenters. The summed E-state index contributed by atoms with van der Waals surface area (Å²) in [6, 6.07) is 1.14. The molecule has 168 valence electrons. The molecule has 0 aromatic rings. The highest BCUT2D eigenvalue weighted by atomic mass is 28.4. The predicted molar refractivity (Wildman–Crippen MR) is 113 cm³/mol. The number of carbonyl (C=O) groups is 1. The van der Waals surface area contributed by atoms with Crippen LogP contribution < -0.4 is 0 Å². The van der Waals surface area contributed by atoms with E-state index in [0.29, 0.717) is 31.5 Å². The second kappa shape index (κ2) is 10.2. The Morgan fingerprint density at radius 3 is 2.62 bits per heavy atom. The quantitative estimate of drug-likeness (QED) is 0.581. The van der Waals surface area contributed by atoms with Crippen molar-refractivity contribution in [3.8, 4) is 0 Å². The summed E-state index contributed by atoms with van der Waals surface area (Å²) in [5, 5.41) is 9.41. The van der Waals surface area contributed by atoms with Crippen LogP contribution in [0.2, 0.25) is 19.1 Å². The molecule has 0 aromatic heterocycles. The van der Waals surface area contributed by atoms with Crippen LogP contribution in [0.3, 0.4) is 0 Å². The summed E-state index contributed by atoms with van der Waals surface area (Å²) in [5.74, 6) is 0.0450. The number of rotatable bonds is 8. The lowest BCUT2D eigenvalue weighted by Crippen LogP contribution is -2.39. The molecule has 0 amide bonds. The van der Waals surface area contributed by atoms with Crippen molar-refractivity contribution in [1.82, 2.24) is 0 Å². The van der Waals surface area contributed by atoms with E-state index in [-0.39, 0.29) is 24.4 Å². The van der Waals surface area contributed by atoms with Crippen LogP contribution in [0.25, 0.3) is 0 Å². The lowest BCUT2D eigenvalue weighted by atomic mass is 9.88. The molecule has 2 heterocycles. The van der Waals surface area contributed by atoms with Gasteiger partial charge < -0.3 is 23.7 Å². The van der Waals surface area contributed by atoms with E-state index in [2.05, 4.69) is 26.9 Å². The third-order valence-corrected chi connectivity index (χ3v) is 9.46. The third-order valence-electron chi connectivity index (χ3n) is 6.71. The maximum Gasteiger partial charge on any atom is 0.308 e. The normalized spacial score (nSPS) is 36.0. The number of fused-ring (bicyclic) bond motifs is 1. The van der Waals surface area contributed by atoms with Crippen molar-refractivity contribution < 1.29 is 28.5 Å². The summed E-state index contributed by atoms with van der Waals surface area (Å²) >= 11 is 0. The zero-order valence-corrected chi connectivity index (χ0v) is 19.6. The fraction of sp³-hybridized carbons (Fsp3) is 0.955. The van der Waals surface area contributed by atoms with E-state index in [4.69, 9.17) is 18.6 Å². The molecule has 3 aliphatic rings. The fourth-order valence-electron chi connectivity index (χ4n) is 5.40. The molecular formula is C22H40O6Si. The minimum atomic E-state index is -1.74.